The zero-order valence-corrected chi connectivity index (χ0v) is 23.8. The number of urea groups is 1. The second-order valence-corrected chi connectivity index (χ2v) is 10.9. The maximum atomic E-state index is 13.0. The summed E-state index contributed by atoms with van der Waals surface area (Å²) in [6, 6.07) is 9.06. The number of ether oxygens (including phenoxy) is 1. The lowest BCUT2D eigenvalue weighted by Gasteiger charge is -2.38. The molecule has 4 N–H and O–H groups in total. The third-order valence-electron chi connectivity index (χ3n) is 8.03. The van der Waals surface area contributed by atoms with Crippen LogP contribution in [-0.4, -0.2) is 88.7 Å². The number of nitrogens with zero attached hydrogens (tertiary/aromatic N) is 3. The van der Waals surface area contributed by atoms with E-state index in [1.165, 1.54) is 0 Å². The fraction of sp³-hybridized carbons (Fsp3) is 0.467. The summed E-state index contributed by atoms with van der Waals surface area (Å²) in [5, 5.41) is 15.7. The molecule has 0 radical (unpaired) electrons. The quantitative estimate of drug-likeness (QED) is 0.333. The number of fused-ring (bicyclic) bond motifs is 2. The second-order valence-electron chi connectivity index (χ2n) is 10.9. The number of carbonyl (C=O) groups excluding carboxylic acids is 3. The first-order valence-electron chi connectivity index (χ1n) is 14.2. The largest absolute Gasteiger partial charge is 0.389 e. The van der Waals surface area contributed by atoms with Crippen LogP contribution in [0.5, 0.6) is 0 Å². The molecule has 0 spiro atoms. The van der Waals surface area contributed by atoms with Crippen molar-refractivity contribution in [2.75, 3.05) is 45.2 Å². The van der Waals surface area contributed by atoms with Crippen LogP contribution in [0.4, 0.5) is 10.5 Å². The molecule has 1 aromatic heterocycles. The van der Waals surface area contributed by atoms with Crippen LogP contribution in [0.15, 0.2) is 30.3 Å². The number of imidazole rings is 1. The molecule has 218 valence electrons. The van der Waals surface area contributed by atoms with Crippen molar-refractivity contribution >= 4 is 34.6 Å². The van der Waals surface area contributed by atoms with E-state index in [0.29, 0.717) is 57.5 Å². The minimum absolute atomic E-state index is 0.0251. The summed E-state index contributed by atoms with van der Waals surface area (Å²) >= 11 is 0. The first kappa shape index (κ1) is 28.6. The van der Waals surface area contributed by atoms with E-state index in [2.05, 4.69) is 20.6 Å². The molecule has 2 aromatic carbocycles. The summed E-state index contributed by atoms with van der Waals surface area (Å²) in [5.74, 6) is 0.343. The molecule has 11 heteroatoms. The van der Waals surface area contributed by atoms with E-state index in [4.69, 9.17) is 4.74 Å². The number of hydrogen-bond acceptors (Lipinski definition) is 6. The Labute approximate surface area is 239 Å². The van der Waals surface area contributed by atoms with Gasteiger partial charge in [0.15, 0.2) is 0 Å². The number of aryl methyl sites for hydroxylation is 1. The van der Waals surface area contributed by atoms with Crippen LogP contribution in [0.3, 0.4) is 0 Å². The Balaban J connectivity index is 1.13. The number of rotatable bonds is 8. The lowest BCUT2D eigenvalue weighted by atomic mass is 10.0. The van der Waals surface area contributed by atoms with Gasteiger partial charge in [0.05, 0.1) is 30.3 Å². The molecule has 0 aliphatic carbocycles. The second kappa shape index (κ2) is 12.3. The zero-order chi connectivity index (χ0) is 29.1. The van der Waals surface area contributed by atoms with E-state index < -0.39 is 6.10 Å². The number of aliphatic hydroxyl groups excluding tert-OH is 1. The van der Waals surface area contributed by atoms with Crippen molar-refractivity contribution in [3.8, 4) is 0 Å². The number of aromatic nitrogens is 2. The standard InChI is InChI=1S/C30H38N6O5/c1-18-14-22(16-25-28(18)34-26(32-25)9-13-41-3)29(39)31-17-27(38)35-10-7-23(8-11-35)36-12-6-21-15-20(19(2)37)4-5-24(21)33-30(36)40/h4-5,14-16,19,23,37H,6-13,17H2,1-3H3,(H,31,39)(H,32,34)(H,33,40). The maximum Gasteiger partial charge on any atom is 0.322 e. The van der Waals surface area contributed by atoms with Crippen LogP contribution in [0.2, 0.25) is 0 Å². The van der Waals surface area contributed by atoms with Crippen molar-refractivity contribution in [3.63, 3.8) is 0 Å². The van der Waals surface area contributed by atoms with Gasteiger partial charge in [-0.25, -0.2) is 9.78 Å². The van der Waals surface area contributed by atoms with Gasteiger partial charge in [0.1, 0.15) is 5.82 Å². The van der Waals surface area contributed by atoms with Crippen LogP contribution in [0.1, 0.15) is 58.7 Å². The highest BCUT2D eigenvalue weighted by molar-refractivity contribution is 5.99. The summed E-state index contributed by atoms with van der Waals surface area (Å²) in [6.45, 7) is 5.71. The van der Waals surface area contributed by atoms with Gasteiger partial charge in [-0.3, -0.25) is 9.59 Å². The molecule has 2 aliphatic heterocycles. The molecular weight excluding hydrogens is 524 g/mol. The number of amides is 4. The van der Waals surface area contributed by atoms with Gasteiger partial charge in [0.2, 0.25) is 5.91 Å². The fourth-order valence-electron chi connectivity index (χ4n) is 5.67. The minimum atomic E-state index is -0.564. The number of methoxy groups -OCH3 is 1. The van der Waals surface area contributed by atoms with Crippen LogP contribution in [0.25, 0.3) is 11.0 Å². The van der Waals surface area contributed by atoms with Crippen molar-refractivity contribution in [1.29, 1.82) is 0 Å². The van der Waals surface area contributed by atoms with Gasteiger partial charge < -0.3 is 35.3 Å². The van der Waals surface area contributed by atoms with Gasteiger partial charge in [-0.1, -0.05) is 12.1 Å². The van der Waals surface area contributed by atoms with Crippen molar-refractivity contribution < 1.29 is 24.2 Å². The Morgan fingerprint density at radius 2 is 1.98 bits per heavy atom. The highest BCUT2D eigenvalue weighted by atomic mass is 16.5. The topological polar surface area (TPSA) is 140 Å². The maximum absolute atomic E-state index is 13.0. The molecule has 11 nitrogen and oxygen atoms in total. The van der Waals surface area contributed by atoms with Crippen molar-refractivity contribution in [2.45, 2.75) is 51.7 Å². The number of aromatic amines is 1. The van der Waals surface area contributed by atoms with Gasteiger partial charge in [-0.15, -0.1) is 0 Å². The molecule has 4 amide bonds. The summed E-state index contributed by atoms with van der Waals surface area (Å²) in [5.41, 5.74) is 5.56. The molecule has 5 rings (SSSR count). The predicted octanol–water partition coefficient (Wildman–Crippen LogP) is 2.92. The summed E-state index contributed by atoms with van der Waals surface area (Å²) in [7, 11) is 1.64. The highest BCUT2D eigenvalue weighted by Crippen LogP contribution is 2.27. The smallest absolute Gasteiger partial charge is 0.322 e. The lowest BCUT2D eigenvalue weighted by molar-refractivity contribution is -0.131. The number of piperidine rings is 1. The molecule has 0 saturated carbocycles. The average molecular weight is 563 g/mol. The Bertz CT molecular complexity index is 1440. The number of benzene rings is 2. The molecule has 1 unspecified atom stereocenters. The van der Waals surface area contributed by atoms with Gasteiger partial charge in [0, 0.05) is 50.5 Å². The molecule has 1 saturated heterocycles. The zero-order valence-electron chi connectivity index (χ0n) is 23.8. The van der Waals surface area contributed by atoms with E-state index in [1.54, 1.807) is 31.1 Å². The van der Waals surface area contributed by atoms with Gasteiger partial charge in [-0.05, 0) is 68.0 Å². The number of H-pyrrole nitrogens is 1. The molecule has 0 bridgehead atoms. The first-order valence-corrected chi connectivity index (χ1v) is 14.2. The number of likely N-dealkylation sites (tertiary alicyclic amines) is 1. The van der Waals surface area contributed by atoms with Crippen molar-refractivity contribution in [3.05, 3.63) is 58.4 Å². The van der Waals surface area contributed by atoms with E-state index in [0.717, 1.165) is 39.2 Å². The monoisotopic (exact) mass is 562 g/mol. The normalized spacial score (nSPS) is 16.7. The Morgan fingerprint density at radius 3 is 2.71 bits per heavy atom. The van der Waals surface area contributed by atoms with E-state index >= 15 is 0 Å². The van der Waals surface area contributed by atoms with Crippen LogP contribution >= 0.6 is 0 Å². The SMILES string of the molecule is COCCc1nc2c(C)cc(C(=O)NCC(=O)N3CCC(N4CCc5cc(C(C)O)ccc5NC4=O)CC3)cc2[nH]1. The molecule has 41 heavy (non-hydrogen) atoms. The highest BCUT2D eigenvalue weighted by Gasteiger charge is 2.31. The number of nitrogens with one attached hydrogen (secondary N) is 3. The summed E-state index contributed by atoms with van der Waals surface area (Å²) in [4.78, 5) is 50.3. The molecule has 3 aromatic rings. The molecular formula is C30H38N6O5. The van der Waals surface area contributed by atoms with Gasteiger partial charge in [-0.2, -0.15) is 0 Å². The molecule has 2 aliphatic rings. The molecule has 1 fully saturated rings. The van der Waals surface area contributed by atoms with E-state index in [9.17, 15) is 19.5 Å². The Kier molecular flexibility index (Phi) is 8.55. The average Bonchev–Trinajstić information content (AvgIpc) is 3.31. The lowest BCUT2D eigenvalue weighted by Crippen LogP contribution is -2.51. The predicted molar refractivity (Wildman–Crippen MR) is 155 cm³/mol. The Morgan fingerprint density at radius 1 is 1.20 bits per heavy atom. The van der Waals surface area contributed by atoms with E-state index in [-0.39, 0.29) is 30.4 Å². The van der Waals surface area contributed by atoms with Crippen molar-refractivity contribution in [1.82, 2.24) is 25.1 Å². The fourth-order valence-corrected chi connectivity index (χ4v) is 5.67. The third-order valence-corrected chi connectivity index (χ3v) is 8.03. The number of carbonyl (C=O) groups is 3. The first-order chi connectivity index (χ1) is 19.7. The number of anilines is 1. The Hall–Kier alpha value is -3.96. The van der Waals surface area contributed by atoms with E-state index in [1.807, 2.05) is 30.0 Å². The van der Waals surface area contributed by atoms with Gasteiger partial charge in [0.25, 0.3) is 5.91 Å². The number of hydrogen-bond donors (Lipinski definition) is 4. The van der Waals surface area contributed by atoms with Crippen LogP contribution in [0, 0.1) is 6.92 Å². The van der Waals surface area contributed by atoms with Crippen LogP contribution in [-0.2, 0) is 22.4 Å². The molecule has 1 atom stereocenters. The van der Waals surface area contributed by atoms with Gasteiger partial charge >= 0.3 is 6.03 Å². The minimum Gasteiger partial charge on any atom is -0.389 e. The summed E-state index contributed by atoms with van der Waals surface area (Å²) in [6.07, 6.45) is 2.12. The summed E-state index contributed by atoms with van der Waals surface area (Å²) < 4.78 is 5.12. The number of aliphatic hydroxyl groups is 1. The molecule has 3 heterocycles. The third kappa shape index (κ3) is 6.36. The van der Waals surface area contributed by atoms with Crippen LogP contribution < -0.4 is 10.6 Å². The van der Waals surface area contributed by atoms with Crippen molar-refractivity contribution in [2.24, 2.45) is 0 Å².